The van der Waals surface area contributed by atoms with Crippen LogP contribution in [0.3, 0.4) is 0 Å². The van der Waals surface area contributed by atoms with Crippen LogP contribution in [0.4, 0.5) is 0 Å². The number of fused-ring (bicyclic) bond motifs is 7. The summed E-state index contributed by atoms with van der Waals surface area (Å²) in [4.78, 5) is 10.6. The first-order valence-corrected chi connectivity index (χ1v) is 18.3. The molecule has 0 fully saturated rings. The standard InChI is InChI=1S/C49H37N3O/c1-5-15-41-30(2)44(36-27-34(31-16-8-6-9-17-31)26-35(28-36)32-18-10-7-11-19-32)51-48(50-41)33-24-25-42-40(29-33)49(3,4)39-22-14-21-38-45(39)52(42)46-37-20-12-13-23-43(37)53-47(38)46/h5-29H,1-4H3/b15-5-. The molecule has 10 rings (SSSR count). The number of rotatable bonds is 5. The summed E-state index contributed by atoms with van der Waals surface area (Å²) in [6.45, 7) is 8.83. The predicted octanol–water partition coefficient (Wildman–Crippen LogP) is 13.0. The SMILES string of the molecule is C/C=C\c1nc(-c2ccc3c(c2)C(C)(C)c2cccc4c5oc6ccccc6c5n-3c24)nc(-c2cc(-c3ccccc3)cc(-c3ccccc3)c2)c1C. The van der Waals surface area contributed by atoms with E-state index in [2.05, 4.69) is 171 Å². The highest BCUT2D eigenvalue weighted by molar-refractivity contribution is 6.17. The molecular formula is C49H37N3O. The molecule has 1 aliphatic heterocycles. The van der Waals surface area contributed by atoms with E-state index in [-0.39, 0.29) is 5.41 Å². The van der Waals surface area contributed by atoms with Crippen molar-refractivity contribution in [1.29, 1.82) is 0 Å². The van der Waals surface area contributed by atoms with Crippen LogP contribution in [-0.2, 0) is 5.41 Å². The van der Waals surface area contributed by atoms with Crippen molar-refractivity contribution < 1.29 is 4.42 Å². The molecule has 6 aromatic carbocycles. The molecule has 0 N–H and O–H groups in total. The lowest BCUT2D eigenvalue weighted by Crippen LogP contribution is -2.26. The minimum atomic E-state index is -0.277. The molecule has 0 bridgehead atoms. The Morgan fingerprint density at radius 3 is 1.96 bits per heavy atom. The fourth-order valence-corrected chi connectivity index (χ4v) is 8.40. The third kappa shape index (κ3) is 4.75. The average molecular weight is 684 g/mol. The Morgan fingerprint density at radius 1 is 0.585 bits per heavy atom. The van der Waals surface area contributed by atoms with Gasteiger partial charge in [0.2, 0.25) is 0 Å². The van der Waals surface area contributed by atoms with Crippen molar-refractivity contribution in [2.24, 2.45) is 0 Å². The van der Waals surface area contributed by atoms with Gasteiger partial charge in [0.1, 0.15) is 11.1 Å². The van der Waals surface area contributed by atoms with Gasteiger partial charge in [-0.3, -0.25) is 0 Å². The van der Waals surface area contributed by atoms with E-state index in [1.54, 1.807) is 0 Å². The highest BCUT2D eigenvalue weighted by Gasteiger charge is 2.37. The van der Waals surface area contributed by atoms with Gasteiger partial charge >= 0.3 is 0 Å². The van der Waals surface area contributed by atoms with E-state index in [4.69, 9.17) is 14.4 Å². The molecule has 0 atom stereocenters. The lowest BCUT2D eigenvalue weighted by Gasteiger charge is -2.35. The van der Waals surface area contributed by atoms with Crippen LogP contribution in [0.2, 0.25) is 0 Å². The molecule has 4 heterocycles. The Bertz CT molecular complexity index is 2870. The zero-order valence-electron chi connectivity index (χ0n) is 30.2. The number of para-hydroxylation sites is 2. The number of nitrogens with zero attached hydrogens (tertiary/aromatic N) is 3. The molecular weight excluding hydrogens is 647 g/mol. The maximum absolute atomic E-state index is 6.54. The van der Waals surface area contributed by atoms with Gasteiger partial charge in [0.15, 0.2) is 11.4 Å². The maximum Gasteiger partial charge on any atom is 0.161 e. The fraction of sp³-hybridized carbons (Fsp3) is 0.102. The molecule has 0 unspecified atom stereocenters. The summed E-state index contributed by atoms with van der Waals surface area (Å²) in [5, 5.41) is 2.26. The zero-order valence-corrected chi connectivity index (χ0v) is 30.2. The van der Waals surface area contributed by atoms with Crippen molar-refractivity contribution >= 4 is 39.0 Å². The fourth-order valence-electron chi connectivity index (χ4n) is 8.40. The van der Waals surface area contributed by atoms with Crippen LogP contribution in [0, 0.1) is 6.92 Å². The molecule has 9 aromatic rings. The van der Waals surface area contributed by atoms with E-state index < -0.39 is 0 Å². The molecule has 0 spiro atoms. The summed E-state index contributed by atoms with van der Waals surface area (Å²) in [6.07, 6.45) is 4.16. The van der Waals surface area contributed by atoms with Crippen LogP contribution in [0.15, 0.2) is 150 Å². The van der Waals surface area contributed by atoms with Crippen molar-refractivity contribution in [2.75, 3.05) is 0 Å². The van der Waals surface area contributed by atoms with E-state index >= 15 is 0 Å². The highest BCUT2D eigenvalue weighted by Crippen LogP contribution is 2.50. The number of aromatic nitrogens is 3. The molecule has 0 aliphatic carbocycles. The molecule has 0 radical (unpaired) electrons. The first kappa shape index (κ1) is 31.2. The minimum Gasteiger partial charge on any atom is -0.454 e. The van der Waals surface area contributed by atoms with Gasteiger partial charge in [0.05, 0.1) is 22.6 Å². The average Bonchev–Trinajstić information content (AvgIpc) is 3.74. The second-order valence-corrected chi connectivity index (χ2v) is 14.6. The molecule has 4 heteroatoms. The number of allylic oxidation sites excluding steroid dienone is 1. The van der Waals surface area contributed by atoms with Crippen molar-refractivity contribution in [3.05, 3.63) is 168 Å². The summed E-state index contributed by atoms with van der Waals surface area (Å²) in [5.41, 5.74) is 17.2. The lowest BCUT2D eigenvalue weighted by molar-refractivity contribution is 0.630. The predicted molar refractivity (Wildman–Crippen MR) is 219 cm³/mol. The largest absolute Gasteiger partial charge is 0.454 e. The van der Waals surface area contributed by atoms with Crippen LogP contribution < -0.4 is 0 Å². The van der Waals surface area contributed by atoms with Crippen LogP contribution in [0.5, 0.6) is 0 Å². The van der Waals surface area contributed by atoms with Crippen LogP contribution in [0.1, 0.15) is 43.2 Å². The topological polar surface area (TPSA) is 43.9 Å². The van der Waals surface area contributed by atoms with Crippen LogP contribution in [-0.4, -0.2) is 14.5 Å². The molecule has 4 nitrogen and oxygen atoms in total. The molecule has 0 amide bonds. The van der Waals surface area contributed by atoms with E-state index in [0.717, 1.165) is 72.3 Å². The quantitative estimate of drug-likeness (QED) is 0.181. The molecule has 0 saturated heterocycles. The van der Waals surface area contributed by atoms with E-state index in [0.29, 0.717) is 5.82 Å². The number of furan rings is 1. The van der Waals surface area contributed by atoms with Gasteiger partial charge in [-0.25, -0.2) is 9.97 Å². The van der Waals surface area contributed by atoms with E-state index in [1.165, 1.54) is 27.8 Å². The van der Waals surface area contributed by atoms with E-state index in [9.17, 15) is 0 Å². The van der Waals surface area contributed by atoms with Crippen molar-refractivity contribution in [1.82, 2.24) is 14.5 Å². The summed E-state index contributed by atoms with van der Waals surface area (Å²) in [5.74, 6) is 0.707. The third-order valence-electron chi connectivity index (χ3n) is 11.1. The second kappa shape index (κ2) is 11.8. The molecule has 3 aromatic heterocycles. The van der Waals surface area contributed by atoms with Gasteiger partial charge in [0, 0.05) is 32.9 Å². The van der Waals surface area contributed by atoms with Crippen molar-refractivity contribution in [2.45, 2.75) is 33.1 Å². The monoisotopic (exact) mass is 683 g/mol. The summed E-state index contributed by atoms with van der Waals surface area (Å²) in [7, 11) is 0. The number of benzene rings is 6. The van der Waals surface area contributed by atoms with Crippen molar-refractivity contribution in [3.63, 3.8) is 0 Å². The van der Waals surface area contributed by atoms with Gasteiger partial charge < -0.3 is 8.98 Å². The Morgan fingerprint density at radius 2 is 1.25 bits per heavy atom. The summed E-state index contributed by atoms with van der Waals surface area (Å²) in [6, 6.07) is 49.7. The van der Waals surface area contributed by atoms with Gasteiger partial charge in [0.25, 0.3) is 0 Å². The molecule has 53 heavy (non-hydrogen) atoms. The minimum absolute atomic E-state index is 0.277. The molecule has 254 valence electrons. The molecule has 0 saturated carbocycles. The first-order chi connectivity index (χ1) is 25.9. The van der Waals surface area contributed by atoms with Crippen LogP contribution >= 0.6 is 0 Å². The Labute approximate surface area is 308 Å². The number of hydrogen-bond donors (Lipinski definition) is 0. The zero-order chi connectivity index (χ0) is 35.8. The highest BCUT2D eigenvalue weighted by atomic mass is 16.3. The van der Waals surface area contributed by atoms with Gasteiger partial charge in [-0.2, -0.15) is 0 Å². The first-order valence-electron chi connectivity index (χ1n) is 18.3. The Balaban J connectivity index is 1.19. The van der Waals surface area contributed by atoms with Crippen molar-refractivity contribution in [3.8, 4) is 50.6 Å². The Hall–Kier alpha value is -6.52. The van der Waals surface area contributed by atoms with E-state index in [1.807, 2.05) is 13.0 Å². The summed E-state index contributed by atoms with van der Waals surface area (Å²) >= 11 is 0. The second-order valence-electron chi connectivity index (χ2n) is 14.6. The normalized spacial score (nSPS) is 13.4. The van der Waals surface area contributed by atoms with Gasteiger partial charge in [-0.1, -0.05) is 105 Å². The third-order valence-corrected chi connectivity index (χ3v) is 11.1. The maximum atomic E-state index is 6.54. The lowest BCUT2D eigenvalue weighted by atomic mass is 9.74. The smallest absolute Gasteiger partial charge is 0.161 e. The Kier molecular flexibility index (Phi) is 6.93. The van der Waals surface area contributed by atoms with Gasteiger partial charge in [-0.15, -0.1) is 0 Å². The van der Waals surface area contributed by atoms with Gasteiger partial charge in [-0.05, 0) is 108 Å². The summed E-state index contributed by atoms with van der Waals surface area (Å²) < 4.78 is 8.96. The molecule has 1 aliphatic rings. The number of hydrogen-bond acceptors (Lipinski definition) is 3. The van der Waals surface area contributed by atoms with Crippen LogP contribution in [0.25, 0.3) is 89.6 Å².